The van der Waals surface area contributed by atoms with Gasteiger partial charge in [0, 0.05) is 17.8 Å². The van der Waals surface area contributed by atoms with Crippen molar-refractivity contribution < 1.29 is 0 Å². The van der Waals surface area contributed by atoms with Crippen LogP contribution in [0.5, 0.6) is 0 Å². The van der Waals surface area contributed by atoms with E-state index in [0.29, 0.717) is 12.5 Å². The summed E-state index contributed by atoms with van der Waals surface area (Å²) in [5.41, 5.74) is 6.61. The predicted octanol–water partition coefficient (Wildman–Crippen LogP) is 3.59. The largest absolute Gasteiger partial charge is 0.330 e. The van der Waals surface area contributed by atoms with Crippen LogP contribution in [0.25, 0.3) is 10.6 Å². The van der Waals surface area contributed by atoms with Crippen molar-refractivity contribution in [3.63, 3.8) is 0 Å². The second-order valence-corrected chi connectivity index (χ2v) is 5.92. The van der Waals surface area contributed by atoms with Crippen molar-refractivity contribution in [1.29, 1.82) is 0 Å². The molecule has 2 rings (SSSR count). The van der Waals surface area contributed by atoms with Crippen LogP contribution in [0, 0.1) is 0 Å². The molecule has 0 radical (unpaired) electrons. The van der Waals surface area contributed by atoms with Gasteiger partial charge in [-0.2, -0.15) is 0 Å². The highest BCUT2D eigenvalue weighted by atomic mass is 35.5. The Kier molecular flexibility index (Phi) is 3.41. The monoisotopic (exact) mass is 258 g/mol. The summed E-state index contributed by atoms with van der Waals surface area (Å²) in [5.74, 6) is 0.333. The molecule has 0 spiro atoms. The quantitative estimate of drug-likeness (QED) is 0.914. The topological polar surface area (TPSA) is 38.9 Å². The van der Waals surface area contributed by atoms with Gasteiger partial charge in [0.25, 0.3) is 0 Å². The summed E-state index contributed by atoms with van der Waals surface area (Å²) >= 11 is 9.09. The molecule has 0 aliphatic heterocycles. The normalized spacial score (nSPS) is 13.0. The fourth-order valence-electron chi connectivity index (χ4n) is 1.18. The zero-order valence-electron chi connectivity index (χ0n) is 8.24. The molecule has 2 N–H and O–H groups in total. The number of thiophene rings is 1. The summed E-state index contributed by atoms with van der Waals surface area (Å²) in [6, 6.07) is 3.89. The zero-order chi connectivity index (χ0) is 10.8. The van der Waals surface area contributed by atoms with Gasteiger partial charge in [0.05, 0.1) is 19.9 Å². The van der Waals surface area contributed by atoms with E-state index in [-0.39, 0.29) is 0 Å². The lowest BCUT2D eigenvalue weighted by Gasteiger charge is -2.01. The summed E-state index contributed by atoms with van der Waals surface area (Å²) < 4.78 is 0.798. The molecule has 0 amide bonds. The van der Waals surface area contributed by atoms with Crippen molar-refractivity contribution >= 4 is 34.3 Å². The van der Waals surface area contributed by atoms with Crippen LogP contribution in [-0.4, -0.2) is 11.5 Å². The molecule has 15 heavy (non-hydrogen) atoms. The lowest BCUT2D eigenvalue weighted by molar-refractivity contribution is 0.767. The number of nitrogens with two attached hydrogens (primary N) is 1. The Balaban J connectivity index is 2.27. The van der Waals surface area contributed by atoms with Crippen LogP contribution >= 0.6 is 34.3 Å². The summed E-state index contributed by atoms with van der Waals surface area (Å²) in [7, 11) is 0. The van der Waals surface area contributed by atoms with Crippen LogP contribution in [0.4, 0.5) is 0 Å². The Morgan fingerprint density at radius 1 is 1.53 bits per heavy atom. The van der Waals surface area contributed by atoms with Crippen molar-refractivity contribution in [2.75, 3.05) is 6.54 Å². The van der Waals surface area contributed by atoms with Crippen molar-refractivity contribution in [2.45, 2.75) is 12.8 Å². The maximum Gasteiger partial charge on any atom is 0.0973 e. The van der Waals surface area contributed by atoms with E-state index < -0.39 is 0 Å². The summed E-state index contributed by atoms with van der Waals surface area (Å²) in [6.45, 7) is 2.72. The van der Waals surface area contributed by atoms with Gasteiger partial charge in [-0.3, -0.25) is 0 Å². The minimum absolute atomic E-state index is 0.333. The van der Waals surface area contributed by atoms with Gasteiger partial charge in [0.2, 0.25) is 0 Å². The van der Waals surface area contributed by atoms with E-state index in [2.05, 4.69) is 17.3 Å². The van der Waals surface area contributed by atoms with Gasteiger partial charge in [0.15, 0.2) is 0 Å². The minimum atomic E-state index is 0.333. The number of thiazole rings is 1. The van der Waals surface area contributed by atoms with Crippen molar-refractivity contribution in [2.24, 2.45) is 5.73 Å². The second-order valence-electron chi connectivity index (χ2n) is 3.31. The van der Waals surface area contributed by atoms with Gasteiger partial charge >= 0.3 is 0 Å². The van der Waals surface area contributed by atoms with E-state index in [0.717, 1.165) is 19.9 Å². The molecule has 2 aromatic rings. The Labute approximate surface area is 102 Å². The standard InChI is InChI=1S/C10H11ClN2S2/c1-6(4-12)10-13-7(5-14-10)8-2-3-9(11)15-8/h2-3,5-6H,4,12H2,1H3. The van der Waals surface area contributed by atoms with Crippen LogP contribution in [0.15, 0.2) is 17.5 Å². The van der Waals surface area contributed by atoms with Crippen LogP contribution in [0.3, 0.4) is 0 Å². The Morgan fingerprint density at radius 2 is 2.33 bits per heavy atom. The molecule has 2 heterocycles. The fraction of sp³-hybridized carbons (Fsp3) is 0.300. The maximum atomic E-state index is 5.88. The molecule has 0 fully saturated rings. The third-order valence-corrected chi connectivity index (χ3v) is 4.45. The smallest absolute Gasteiger partial charge is 0.0973 e. The van der Waals surface area contributed by atoms with E-state index in [9.17, 15) is 0 Å². The van der Waals surface area contributed by atoms with Gasteiger partial charge in [-0.1, -0.05) is 18.5 Å². The first-order valence-electron chi connectivity index (χ1n) is 4.62. The van der Waals surface area contributed by atoms with Gasteiger partial charge < -0.3 is 5.73 Å². The lowest BCUT2D eigenvalue weighted by Crippen LogP contribution is -2.08. The van der Waals surface area contributed by atoms with Crippen molar-refractivity contribution in [3.05, 3.63) is 26.9 Å². The highest BCUT2D eigenvalue weighted by Gasteiger charge is 2.10. The molecule has 1 unspecified atom stereocenters. The van der Waals surface area contributed by atoms with E-state index in [1.54, 1.807) is 22.7 Å². The highest BCUT2D eigenvalue weighted by Crippen LogP contribution is 2.32. The maximum absolute atomic E-state index is 5.88. The molecular formula is C10H11ClN2S2. The zero-order valence-corrected chi connectivity index (χ0v) is 10.6. The number of nitrogens with zero attached hydrogens (tertiary/aromatic N) is 1. The van der Waals surface area contributed by atoms with Crippen LogP contribution in [0.2, 0.25) is 4.34 Å². The molecule has 0 bridgehead atoms. The lowest BCUT2D eigenvalue weighted by atomic mass is 10.2. The molecule has 80 valence electrons. The van der Waals surface area contributed by atoms with Crippen LogP contribution in [0.1, 0.15) is 17.8 Å². The predicted molar refractivity (Wildman–Crippen MR) is 67.9 cm³/mol. The van der Waals surface area contributed by atoms with E-state index in [1.807, 2.05) is 12.1 Å². The number of halogens is 1. The second kappa shape index (κ2) is 4.61. The molecule has 0 aliphatic carbocycles. The number of aromatic nitrogens is 1. The van der Waals surface area contributed by atoms with E-state index in [4.69, 9.17) is 17.3 Å². The van der Waals surface area contributed by atoms with E-state index >= 15 is 0 Å². The molecule has 2 nitrogen and oxygen atoms in total. The summed E-state index contributed by atoms with van der Waals surface area (Å²) in [5, 5.41) is 3.15. The molecule has 0 saturated carbocycles. The molecule has 0 saturated heterocycles. The average molecular weight is 259 g/mol. The van der Waals surface area contributed by atoms with Crippen LogP contribution in [-0.2, 0) is 0 Å². The number of hydrogen-bond donors (Lipinski definition) is 1. The minimum Gasteiger partial charge on any atom is -0.330 e. The molecule has 0 aliphatic rings. The molecular weight excluding hydrogens is 248 g/mol. The van der Waals surface area contributed by atoms with Gasteiger partial charge in [-0.05, 0) is 12.1 Å². The third-order valence-electron chi connectivity index (χ3n) is 2.12. The first-order chi connectivity index (χ1) is 7.20. The molecule has 2 aromatic heterocycles. The van der Waals surface area contributed by atoms with Gasteiger partial charge in [0.1, 0.15) is 0 Å². The van der Waals surface area contributed by atoms with Crippen LogP contribution < -0.4 is 5.73 Å². The first kappa shape index (κ1) is 11.1. The van der Waals surface area contributed by atoms with Crippen molar-refractivity contribution in [3.8, 4) is 10.6 Å². The number of hydrogen-bond acceptors (Lipinski definition) is 4. The first-order valence-corrected chi connectivity index (χ1v) is 6.69. The third kappa shape index (κ3) is 2.39. The van der Waals surface area contributed by atoms with E-state index in [1.165, 1.54) is 0 Å². The fourth-order valence-corrected chi connectivity index (χ4v) is 3.15. The van der Waals surface area contributed by atoms with Gasteiger partial charge in [-0.25, -0.2) is 4.98 Å². The average Bonchev–Trinajstić information content (AvgIpc) is 2.84. The Bertz CT molecular complexity index is 450. The number of rotatable bonds is 3. The summed E-state index contributed by atoms with van der Waals surface area (Å²) in [4.78, 5) is 5.67. The molecule has 5 heteroatoms. The summed E-state index contributed by atoms with van der Waals surface area (Å²) in [6.07, 6.45) is 0. The van der Waals surface area contributed by atoms with Gasteiger partial charge in [-0.15, -0.1) is 22.7 Å². The van der Waals surface area contributed by atoms with Crippen molar-refractivity contribution in [1.82, 2.24) is 4.98 Å². The Morgan fingerprint density at radius 3 is 2.93 bits per heavy atom. The molecule has 1 atom stereocenters. The Hall–Kier alpha value is -0.420. The SMILES string of the molecule is CC(CN)c1nc(-c2ccc(Cl)s2)cs1. The highest BCUT2D eigenvalue weighted by molar-refractivity contribution is 7.19. The molecule has 0 aromatic carbocycles.